The number of hydrogen-bond acceptors (Lipinski definition) is 6. The van der Waals surface area contributed by atoms with E-state index in [1.54, 1.807) is 25.1 Å². The van der Waals surface area contributed by atoms with Crippen LogP contribution in [0, 0.1) is 0 Å². The Kier molecular flexibility index (Phi) is 6.68. The number of rotatable bonds is 10. The Labute approximate surface area is 164 Å². The van der Waals surface area contributed by atoms with E-state index in [-0.39, 0.29) is 0 Å². The van der Waals surface area contributed by atoms with Gasteiger partial charge in [-0.05, 0) is 36.6 Å². The lowest BCUT2D eigenvalue weighted by molar-refractivity contribution is 0.312. The smallest absolute Gasteiger partial charge is 0.134 e. The fourth-order valence-corrected chi connectivity index (χ4v) is 3.35. The van der Waals surface area contributed by atoms with Crippen LogP contribution in [0.4, 0.5) is 11.5 Å². The maximum Gasteiger partial charge on any atom is 0.134 e. The van der Waals surface area contributed by atoms with Crippen molar-refractivity contribution in [3.05, 3.63) is 79.0 Å². The lowest BCUT2D eigenvalue weighted by Crippen LogP contribution is -2.05. The van der Waals surface area contributed by atoms with Gasteiger partial charge in [0.05, 0.1) is 12.8 Å². The number of methoxy groups -OCH3 is 1. The molecule has 0 bridgehead atoms. The van der Waals surface area contributed by atoms with Gasteiger partial charge < -0.3 is 10.1 Å². The molecule has 0 amide bonds. The summed E-state index contributed by atoms with van der Waals surface area (Å²) in [7, 11) is 1.58. The van der Waals surface area contributed by atoms with E-state index in [9.17, 15) is 0 Å². The molecule has 1 heterocycles. The summed E-state index contributed by atoms with van der Waals surface area (Å²) in [6.07, 6.45) is 7.62. The van der Waals surface area contributed by atoms with Gasteiger partial charge in [-0.3, -0.25) is 4.72 Å². The Balaban J connectivity index is 1.70. The molecule has 0 unspecified atom stereocenters. The number of allylic oxidation sites excluding steroid dienone is 3. The maximum atomic E-state index is 5.25. The minimum Gasteiger partial charge on any atom is -0.497 e. The third-order valence-corrected chi connectivity index (χ3v) is 5.02. The molecule has 140 valence electrons. The largest absolute Gasteiger partial charge is 0.497 e. The van der Waals surface area contributed by atoms with Crippen LogP contribution >= 0.6 is 11.9 Å². The first kappa shape index (κ1) is 19.2. The Morgan fingerprint density at radius 2 is 2.19 bits per heavy atom. The fraction of sp³-hybridized carbons (Fsp3) is 0.238. The average molecular weight is 381 g/mol. The molecule has 2 aromatic rings. The average Bonchev–Trinajstić information content (AvgIpc) is 3.50. The summed E-state index contributed by atoms with van der Waals surface area (Å²) in [6.45, 7) is 7.65. The summed E-state index contributed by atoms with van der Waals surface area (Å²) < 4.78 is 8.72. The number of aromatic nitrogens is 2. The Morgan fingerprint density at radius 3 is 2.93 bits per heavy atom. The van der Waals surface area contributed by atoms with Crippen LogP contribution in [0.25, 0.3) is 5.57 Å². The van der Waals surface area contributed by atoms with Crippen LogP contribution in [0.5, 0.6) is 0 Å². The Bertz CT molecular complexity index is 846. The van der Waals surface area contributed by atoms with E-state index in [2.05, 4.69) is 45.3 Å². The van der Waals surface area contributed by atoms with Gasteiger partial charge in [-0.25, -0.2) is 9.97 Å². The van der Waals surface area contributed by atoms with Gasteiger partial charge in [0.1, 0.15) is 17.9 Å². The normalized spacial score (nSPS) is 13.9. The van der Waals surface area contributed by atoms with Crippen molar-refractivity contribution in [2.24, 2.45) is 0 Å². The van der Waals surface area contributed by atoms with Crippen LogP contribution in [0.1, 0.15) is 24.1 Å². The molecule has 3 rings (SSSR count). The van der Waals surface area contributed by atoms with Gasteiger partial charge in [0.25, 0.3) is 0 Å². The van der Waals surface area contributed by atoms with Crippen LogP contribution in [-0.4, -0.2) is 23.1 Å². The van der Waals surface area contributed by atoms with Crippen molar-refractivity contribution in [2.75, 3.05) is 12.4 Å². The van der Waals surface area contributed by atoms with Crippen LogP contribution < -0.4 is 10.0 Å². The first-order valence-electron chi connectivity index (χ1n) is 8.81. The SMILES string of the molecule is C=C/C=C(\C(=C)OC)c1cc(Nc2cccc(CSNC3CC3)c2)ncn1. The fourth-order valence-electron chi connectivity index (χ4n) is 2.45. The van der Waals surface area contributed by atoms with Gasteiger partial charge >= 0.3 is 0 Å². The highest BCUT2D eigenvalue weighted by Gasteiger charge is 2.20. The first-order valence-corrected chi connectivity index (χ1v) is 9.80. The zero-order valence-electron chi connectivity index (χ0n) is 15.4. The van der Waals surface area contributed by atoms with Crippen molar-refractivity contribution >= 4 is 29.0 Å². The maximum absolute atomic E-state index is 5.25. The van der Waals surface area contributed by atoms with Crippen molar-refractivity contribution < 1.29 is 4.74 Å². The quantitative estimate of drug-likeness (QED) is 0.349. The number of nitrogens with one attached hydrogen (secondary N) is 2. The summed E-state index contributed by atoms with van der Waals surface area (Å²) >= 11 is 1.77. The standard InChI is InChI=1S/C21H24N4OS/c1-4-6-19(15(2)26-3)20-12-21(23-14-22-20)24-18-8-5-7-16(11-18)13-27-25-17-9-10-17/h4-8,11-12,14,17,25H,1-2,9-10,13H2,3H3,(H,22,23,24)/b19-6+. The number of nitrogens with zero attached hydrogens (tertiary/aromatic N) is 2. The summed E-state index contributed by atoms with van der Waals surface area (Å²) in [5.74, 6) is 2.17. The van der Waals surface area contributed by atoms with Crippen molar-refractivity contribution in [3.8, 4) is 0 Å². The van der Waals surface area contributed by atoms with Gasteiger partial charge in [0, 0.05) is 29.1 Å². The van der Waals surface area contributed by atoms with E-state index in [1.165, 1.54) is 24.7 Å². The van der Waals surface area contributed by atoms with Crippen molar-refractivity contribution in [3.63, 3.8) is 0 Å². The second kappa shape index (κ2) is 9.39. The van der Waals surface area contributed by atoms with Gasteiger partial charge in [-0.2, -0.15) is 0 Å². The predicted octanol–water partition coefficient (Wildman–Crippen LogP) is 4.85. The third-order valence-electron chi connectivity index (χ3n) is 4.04. The molecule has 5 nitrogen and oxygen atoms in total. The molecule has 1 aromatic carbocycles. The topological polar surface area (TPSA) is 59.1 Å². The molecule has 2 N–H and O–H groups in total. The van der Waals surface area contributed by atoms with Crippen LogP contribution in [0.15, 0.2) is 67.7 Å². The summed E-state index contributed by atoms with van der Waals surface area (Å²) in [6, 6.07) is 10.9. The molecular formula is C21H24N4OS. The molecule has 1 aromatic heterocycles. The van der Waals surface area contributed by atoms with Crippen LogP contribution in [0.3, 0.4) is 0 Å². The molecule has 0 spiro atoms. The van der Waals surface area contributed by atoms with E-state index >= 15 is 0 Å². The molecule has 0 saturated heterocycles. The van der Waals surface area contributed by atoms with E-state index < -0.39 is 0 Å². The summed E-state index contributed by atoms with van der Waals surface area (Å²) in [4.78, 5) is 8.65. The van der Waals surface area contributed by atoms with Crippen LogP contribution in [-0.2, 0) is 10.5 Å². The van der Waals surface area contributed by atoms with E-state index in [0.29, 0.717) is 17.6 Å². The Hall–Kier alpha value is -2.57. The molecule has 6 heteroatoms. The van der Waals surface area contributed by atoms with Crippen molar-refractivity contribution in [1.82, 2.24) is 14.7 Å². The lowest BCUT2D eigenvalue weighted by atomic mass is 10.1. The number of ether oxygens (including phenoxy) is 1. The highest BCUT2D eigenvalue weighted by Crippen LogP contribution is 2.25. The second-order valence-corrected chi connectivity index (χ2v) is 7.05. The second-order valence-electron chi connectivity index (χ2n) is 6.24. The third kappa shape index (κ3) is 5.70. The predicted molar refractivity (Wildman–Crippen MR) is 114 cm³/mol. The number of anilines is 2. The lowest BCUT2D eigenvalue weighted by Gasteiger charge is -2.11. The summed E-state index contributed by atoms with van der Waals surface area (Å²) in [5, 5.41) is 3.35. The van der Waals surface area contributed by atoms with Gasteiger partial charge in [-0.15, -0.1) is 0 Å². The van der Waals surface area contributed by atoms with E-state index in [0.717, 1.165) is 22.7 Å². The molecule has 1 aliphatic rings. The van der Waals surface area contributed by atoms with E-state index in [1.807, 2.05) is 24.3 Å². The van der Waals surface area contributed by atoms with Gasteiger partial charge in [-0.1, -0.05) is 43.3 Å². The molecule has 0 aliphatic heterocycles. The molecule has 1 fully saturated rings. The highest BCUT2D eigenvalue weighted by atomic mass is 32.2. The zero-order valence-corrected chi connectivity index (χ0v) is 16.3. The first-order chi connectivity index (χ1) is 13.2. The zero-order chi connectivity index (χ0) is 19.1. The molecular weight excluding hydrogens is 356 g/mol. The monoisotopic (exact) mass is 380 g/mol. The van der Waals surface area contributed by atoms with Crippen LogP contribution in [0.2, 0.25) is 0 Å². The molecule has 0 radical (unpaired) electrons. The number of hydrogen-bond donors (Lipinski definition) is 2. The minimum atomic E-state index is 0.529. The highest BCUT2D eigenvalue weighted by molar-refractivity contribution is 7.96. The molecule has 1 saturated carbocycles. The molecule has 1 aliphatic carbocycles. The summed E-state index contributed by atoms with van der Waals surface area (Å²) in [5.41, 5.74) is 3.74. The Morgan fingerprint density at radius 1 is 1.33 bits per heavy atom. The van der Waals surface area contributed by atoms with Gasteiger partial charge in [0.15, 0.2) is 0 Å². The number of benzene rings is 1. The van der Waals surface area contributed by atoms with E-state index in [4.69, 9.17) is 4.74 Å². The van der Waals surface area contributed by atoms with Gasteiger partial charge in [0.2, 0.25) is 0 Å². The molecule has 27 heavy (non-hydrogen) atoms. The minimum absolute atomic E-state index is 0.529. The van der Waals surface area contributed by atoms with Crippen molar-refractivity contribution in [1.29, 1.82) is 0 Å². The van der Waals surface area contributed by atoms with Crippen molar-refractivity contribution in [2.45, 2.75) is 24.6 Å². The molecule has 0 atom stereocenters.